The second kappa shape index (κ2) is 9.76. The summed E-state index contributed by atoms with van der Waals surface area (Å²) in [4.78, 5) is 20.2. The number of halogens is 2. The molecular weight excluding hydrogens is 482 g/mol. The molecule has 12 heteroatoms. The highest BCUT2D eigenvalue weighted by Gasteiger charge is 2.22. The van der Waals surface area contributed by atoms with Crippen LogP contribution in [0.5, 0.6) is 5.88 Å². The maximum absolute atomic E-state index is 14.2. The van der Waals surface area contributed by atoms with E-state index in [0.717, 1.165) is 12.1 Å². The van der Waals surface area contributed by atoms with Gasteiger partial charge in [-0.1, -0.05) is 0 Å². The smallest absolute Gasteiger partial charge is 0.264 e. The van der Waals surface area contributed by atoms with E-state index in [4.69, 9.17) is 9.47 Å². The molecule has 0 saturated heterocycles. The van der Waals surface area contributed by atoms with Gasteiger partial charge in [-0.05, 0) is 37.3 Å². The lowest BCUT2D eigenvalue weighted by atomic mass is 10.1. The van der Waals surface area contributed by atoms with E-state index in [9.17, 15) is 22.0 Å². The number of aromatic nitrogens is 3. The van der Waals surface area contributed by atoms with Crippen molar-refractivity contribution in [1.29, 1.82) is 0 Å². The van der Waals surface area contributed by atoms with Gasteiger partial charge in [0.1, 0.15) is 34.5 Å². The van der Waals surface area contributed by atoms with Crippen molar-refractivity contribution < 1.29 is 26.7 Å². The first-order valence-electron chi connectivity index (χ1n) is 10.3. The van der Waals surface area contributed by atoms with Gasteiger partial charge in [-0.3, -0.25) is 13.9 Å². The minimum atomic E-state index is -4.47. The van der Waals surface area contributed by atoms with Gasteiger partial charge in [-0.25, -0.2) is 27.2 Å². The number of sulfonamides is 1. The predicted octanol–water partition coefficient (Wildman–Crippen LogP) is 3.17. The van der Waals surface area contributed by atoms with Crippen molar-refractivity contribution >= 4 is 21.4 Å². The molecule has 0 amide bonds. The van der Waals surface area contributed by atoms with Crippen LogP contribution < -0.4 is 15.0 Å². The Morgan fingerprint density at radius 3 is 2.57 bits per heavy atom. The zero-order valence-electron chi connectivity index (χ0n) is 18.7. The number of aryl methyl sites for hydroxylation is 1. The molecule has 0 unspecified atom stereocenters. The molecule has 3 heterocycles. The third kappa shape index (κ3) is 5.12. The van der Waals surface area contributed by atoms with Gasteiger partial charge in [0, 0.05) is 48.5 Å². The van der Waals surface area contributed by atoms with Crippen LogP contribution in [-0.2, 0) is 14.8 Å². The zero-order chi connectivity index (χ0) is 25.2. The summed E-state index contributed by atoms with van der Waals surface area (Å²) in [5, 5.41) is 0. The molecule has 0 aliphatic carbocycles. The number of methoxy groups -OCH3 is 1. The molecule has 0 spiro atoms. The second-order valence-electron chi connectivity index (χ2n) is 7.49. The number of hydrogen-bond acceptors (Lipinski definition) is 7. The molecule has 0 radical (unpaired) electrons. The molecule has 1 N–H and O–H groups in total. The van der Waals surface area contributed by atoms with E-state index in [1.807, 2.05) is 0 Å². The van der Waals surface area contributed by atoms with Crippen LogP contribution in [0.2, 0.25) is 0 Å². The Hall–Kier alpha value is -3.90. The third-order valence-electron chi connectivity index (χ3n) is 5.01. The average Bonchev–Trinajstić information content (AvgIpc) is 2.82. The maximum Gasteiger partial charge on any atom is 0.264 e. The van der Waals surface area contributed by atoms with Crippen LogP contribution in [0.1, 0.15) is 5.56 Å². The lowest BCUT2D eigenvalue weighted by Gasteiger charge is -2.15. The van der Waals surface area contributed by atoms with E-state index < -0.39 is 26.6 Å². The Morgan fingerprint density at radius 1 is 1.03 bits per heavy atom. The summed E-state index contributed by atoms with van der Waals surface area (Å²) in [6.07, 6.45) is 4.47. The number of ether oxygens (including phenoxy) is 2. The molecule has 35 heavy (non-hydrogen) atoms. The largest absolute Gasteiger partial charge is 0.474 e. The van der Waals surface area contributed by atoms with E-state index in [2.05, 4.69) is 14.7 Å². The van der Waals surface area contributed by atoms with Crippen molar-refractivity contribution in [1.82, 2.24) is 14.4 Å². The molecule has 4 aromatic rings. The molecule has 0 atom stereocenters. The van der Waals surface area contributed by atoms with Crippen LogP contribution in [0.4, 0.5) is 14.5 Å². The van der Waals surface area contributed by atoms with E-state index in [-0.39, 0.29) is 30.3 Å². The quantitative estimate of drug-likeness (QED) is 0.369. The Labute approximate surface area is 199 Å². The first kappa shape index (κ1) is 24.2. The fourth-order valence-electron chi connectivity index (χ4n) is 3.25. The van der Waals surface area contributed by atoms with Gasteiger partial charge in [0.25, 0.3) is 15.6 Å². The van der Waals surface area contributed by atoms with Gasteiger partial charge >= 0.3 is 0 Å². The Morgan fingerprint density at radius 2 is 1.83 bits per heavy atom. The molecule has 1 aromatic carbocycles. The fraction of sp³-hybridized carbons (Fsp3) is 0.174. The van der Waals surface area contributed by atoms with E-state index in [1.54, 1.807) is 25.3 Å². The molecule has 0 fully saturated rings. The van der Waals surface area contributed by atoms with Crippen molar-refractivity contribution in [3.63, 3.8) is 0 Å². The number of rotatable bonds is 8. The highest BCUT2D eigenvalue weighted by Crippen LogP contribution is 2.31. The van der Waals surface area contributed by atoms with Gasteiger partial charge in [0.15, 0.2) is 0 Å². The normalized spacial score (nSPS) is 11.5. The lowest BCUT2D eigenvalue weighted by molar-refractivity contribution is 0.144. The minimum Gasteiger partial charge on any atom is -0.474 e. The van der Waals surface area contributed by atoms with Crippen LogP contribution in [0.3, 0.4) is 0 Å². The SMILES string of the molecule is COCCOc1ncc(-c2ccc3ncc(C)c(=O)n3c2)cc1NS(=O)(=O)c1ccc(F)cc1F. The monoisotopic (exact) mass is 502 g/mol. The van der Waals surface area contributed by atoms with Gasteiger partial charge in [0.05, 0.1) is 6.61 Å². The maximum atomic E-state index is 14.2. The van der Waals surface area contributed by atoms with Crippen molar-refractivity contribution in [3.05, 3.63) is 82.5 Å². The number of fused-ring (bicyclic) bond motifs is 1. The van der Waals surface area contributed by atoms with Crippen LogP contribution in [0, 0.1) is 18.6 Å². The first-order valence-corrected chi connectivity index (χ1v) is 11.8. The molecule has 3 aromatic heterocycles. The highest BCUT2D eigenvalue weighted by atomic mass is 32.2. The van der Waals surface area contributed by atoms with Gasteiger partial charge in [0.2, 0.25) is 5.88 Å². The number of nitrogens with one attached hydrogen (secondary N) is 1. The van der Waals surface area contributed by atoms with Crippen LogP contribution in [-0.4, -0.2) is 43.1 Å². The number of anilines is 1. The third-order valence-corrected chi connectivity index (χ3v) is 6.41. The average molecular weight is 502 g/mol. The molecule has 4 rings (SSSR count). The van der Waals surface area contributed by atoms with Crippen molar-refractivity contribution in [2.75, 3.05) is 25.0 Å². The summed E-state index contributed by atoms with van der Waals surface area (Å²) in [5.74, 6) is -2.24. The summed E-state index contributed by atoms with van der Waals surface area (Å²) >= 11 is 0. The number of benzene rings is 1. The van der Waals surface area contributed by atoms with Crippen LogP contribution in [0.15, 0.2) is 64.7 Å². The lowest BCUT2D eigenvalue weighted by Crippen LogP contribution is -2.17. The molecule has 0 bridgehead atoms. The second-order valence-corrected chi connectivity index (χ2v) is 9.14. The van der Waals surface area contributed by atoms with Crippen LogP contribution >= 0.6 is 0 Å². The predicted molar refractivity (Wildman–Crippen MR) is 124 cm³/mol. The number of nitrogens with zero attached hydrogens (tertiary/aromatic N) is 3. The zero-order valence-corrected chi connectivity index (χ0v) is 19.5. The minimum absolute atomic E-state index is 0.0683. The Bertz CT molecular complexity index is 1570. The van der Waals surface area contributed by atoms with E-state index >= 15 is 0 Å². The number of hydrogen-bond donors (Lipinski definition) is 1. The molecular formula is C23H20F2N4O5S. The fourth-order valence-corrected chi connectivity index (χ4v) is 4.36. The first-order chi connectivity index (χ1) is 16.7. The molecule has 0 aliphatic heterocycles. The molecule has 182 valence electrons. The van der Waals surface area contributed by atoms with Gasteiger partial charge < -0.3 is 9.47 Å². The summed E-state index contributed by atoms with van der Waals surface area (Å²) < 4.78 is 67.3. The van der Waals surface area contributed by atoms with Crippen molar-refractivity contribution in [3.8, 4) is 17.0 Å². The summed E-state index contributed by atoms with van der Waals surface area (Å²) in [6.45, 7) is 1.92. The standard InChI is InChI=1S/C23H20F2N4O5S/c1-14-11-26-21-6-3-15(13-29(21)23(14)30)16-9-19(22(27-12-16)34-8-7-33-2)28-35(31,32)20-5-4-17(24)10-18(20)25/h3-6,9-13,28H,7-8H2,1-2H3. The highest BCUT2D eigenvalue weighted by molar-refractivity contribution is 7.92. The number of pyridine rings is 2. The van der Waals surface area contributed by atoms with Gasteiger partial charge in [-0.2, -0.15) is 0 Å². The van der Waals surface area contributed by atoms with Crippen molar-refractivity contribution in [2.24, 2.45) is 0 Å². The Kier molecular flexibility index (Phi) is 6.76. The molecule has 0 saturated carbocycles. The summed E-state index contributed by atoms with van der Waals surface area (Å²) in [7, 11) is -3.00. The van der Waals surface area contributed by atoms with E-state index in [1.165, 1.54) is 30.0 Å². The molecule has 9 nitrogen and oxygen atoms in total. The summed E-state index contributed by atoms with van der Waals surface area (Å²) in [6, 6.07) is 6.89. The summed E-state index contributed by atoms with van der Waals surface area (Å²) in [5.41, 5.74) is 1.53. The van der Waals surface area contributed by atoms with Crippen LogP contribution in [0.25, 0.3) is 16.8 Å². The Balaban J connectivity index is 1.78. The van der Waals surface area contributed by atoms with Gasteiger partial charge in [-0.15, -0.1) is 0 Å². The topological polar surface area (TPSA) is 112 Å². The van der Waals surface area contributed by atoms with Crippen molar-refractivity contribution in [2.45, 2.75) is 11.8 Å². The molecule has 0 aliphatic rings. The van der Waals surface area contributed by atoms with E-state index in [0.29, 0.717) is 28.4 Å².